The molecule has 25 heavy (non-hydrogen) atoms. The maximum absolute atomic E-state index is 11.8. The Balaban J connectivity index is 0.00000312. The monoisotopic (exact) mass is 476 g/mol. The highest BCUT2D eigenvalue weighted by Gasteiger charge is 2.04. The first kappa shape index (κ1) is 21.3. The van der Waals surface area contributed by atoms with Crippen LogP contribution in [0.3, 0.4) is 0 Å². The molecule has 0 bridgehead atoms. The van der Waals surface area contributed by atoms with Crippen LogP contribution < -0.4 is 16.0 Å². The molecular formula is C17H22ClIN4O2. The second-order valence-corrected chi connectivity index (χ2v) is 5.52. The van der Waals surface area contributed by atoms with Crippen LogP contribution >= 0.6 is 35.6 Å². The van der Waals surface area contributed by atoms with E-state index in [4.69, 9.17) is 16.0 Å². The van der Waals surface area contributed by atoms with Crippen molar-refractivity contribution in [2.24, 2.45) is 4.99 Å². The number of rotatable bonds is 7. The van der Waals surface area contributed by atoms with Gasteiger partial charge in [0.2, 0.25) is 5.91 Å². The number of halogens is 2. The van der Waals surface area contributed by atoms with Gasteiger partial charge in [-0.3, -0.25) is 9.79 Å². The van der Waals surface area contributed by atoms with Crippen LogP contribution in [0.4, 0.5) is 0 Å². The van der Waals surface area contributed by atoms with Gasteiger partial charge in [-0.2, -0.15) is 0 Å². The number of aliphatic imine (C=N–C) groups is 1. The van der Waals surface area contributed by atoms with Gasteiger partial charge in [-0.15, -0.1) is 24.0 Å². The number of carbonyl (C=O) groups excluding carboxylic acids is 1. The average molecular weight is 477 g/mol. The van der Waals surface area contributed by atoms with Gasteiger partial charge in [0.05, 0.1) is 19.4 Å². The van der Waals surface area contributed by atoms with Crippen molar-refractivity contribution in [3.63, 3.8) is 0 Å². The van der Waals surface area contributed by atoms with Crippen LogP contribution in [0.2, 0.25) is 5.02 Å². The number of guanidine groups is 1. The van der Waals surface area contributed by atoms with Crippen LogP contribution in [0.15, 0.2) is 52.1 Å². The summed E-state index contributed by atoms with van der Waals surface area (Å²) in [7, 11) is 1.66. The summed E-state index contributed by atoms with van der Waals surface area (Å²) in [4.78, 5) is 15.9. The lowest BCUT2D eigenvalue weighted by molar-refractivity contribution is -0.120. The van der Waals surface area contributed by atoms with Gasteiger partial charge in [0, 0.05) is 18.6 Å². The number of amides is 1. The van der Waals surface area contributed by atoms with E-state index in [0.29, 0.717) is 24.8 Å². The number of nitrogens with one attached hydrogen (secondary N) is 3. The van der Waals surface area contributed by atoms with Crippen molar-refractivity contribution in [1.29, 1.82) is 0 Å². The van der Waals surface area contributed by atoms with Gasteiger partial charge in [-0.05, 0) is 36.2 Å². The molecule has 1 aromatic carbocycles. The van der Waals surface area contributed by atoms with E-state index in [9.17, 15) is 4.79 Å². The minimum absolute atomic E-state index is 0. The molecule has 0 aliphatic rings. The molecule has 8 heteroatoms. The molecule has 0 saturated heterocycles. The van der Waals surface area contributed by atoms with Crippen LogP contribution in [-0.2, 0) is 17.8 Å². The number of nitrogens with zero attached hydrogens (tertiary/aromatic N) is 1. The molecule has 3 N–H and O–H groups in total. The number of carbonyl (C=O) groups is 1. The number of hydrogen-bond acceptors (Lipinski definition) is 3. The third kappa shape index (κ3) is 8.26. The summed E-state index contributed by atoms with van der Waals surface area (Å²) in [6, 6.07) is 11.3. The molecule has 2 rings (SSSR count). The molecule has 1 heterocycles. The maximum atomic E-state index is 11.8. The van der Waals surface area contributed by atoms with Gasteiger partial charge >= 0.3 is 0 Å². The smallest absolute Gasteiger partial charge is 0.239 e. The molecule has 0 radical (unpaired) electrons. The molecule has 136 valence electrons. The van der Waals surface area contributed by atoms with Gasteiger partial charge in [0.25, 0.3) is 0 Å². The Morgan fingerprint density at radius 1 is 1.20 bits per heavy atom. The van der Waals surface area contributed by atoms with Crippen molar-refractivity contribution < 1.29 is 9.21 Å². The van der Waals surface area contributed by atoms with Crippen LogP contribution in [0.1, 0.15) is 11.3 Å². The maximum Gasteiger partial charge on any atom is 0.239 e. The molecule has 0 aliphatic carbocycles. The van der Waals surface area contributed by atoms with Gasteiger partial charge in [0.1, 0.15) is 5.76 Å². The minimum atomic E-state index is -0.135. The molecule has 0 unspecified atom stereocenters. The van der Waals surface area contributed by atoms with Crippen LogP contribution in [0.5, 0.6) is 0 Å². The molecular weight excluding hydrogens is 455 g/mol. The normalized spacial score (nSPS) is 10.7. The number of furan rings is 1. The highest BCUT2D eigenvalue weighted by atomic mass is 127. The molecule has 0 saturated carbocycles. The van der Waals surface area contributed by atoms with Crippen molar-refractivity contribution in [2.75, 3.05) is 20.1 Å². The molecule has 0 spiro atoms. The van der Waals surface area contributed by atoms with E-state index < -0.39 is 0 Å². The van der Waals surface area contributed by atoms with Crippen LogP contribution in [0.25, 0.3) is 0 Å². The zero-order valence-electron chi connectivity index (χ0n) is 13.9. The van der Waals surface area contributed by atoms with E-state index in [1.165, 1.54) is 0 Å². The van der Waals surface area contributed by atoms with E-state index in [1.807, 2.05) is 30.3 Å². The second kappa shape index (κ2) is 11.8. The Kier molecular flexibility index (Phi) is 10.0. The predicted molar refractivity (Wildman–Crippen MR) is 110 cm³/mol. The first-order chi connectivity index (χ1) is 11.7. The topological polar surface area (TPSA) is 78.7 Å². The Morgan fingerprint density at radius 3 is 2.72 bits per heavy atom. The highest BCUT2D eigenvalue weighted by molar-refractivity contribution is 14.0. The Hall–Kier alpha value is -1.74. The first-order valence-electron chi connectivity index (χ1n) is 7.65. The fourth-order valence-electron chi connectivity index (χ4n) is 2.06. The second-order valence-electron chi connectivity index (χ2n) is 5.09. The molecule has 0 aliphatic heterocycles. The first-order valence-corrected chi connectivity index (χ1v) is 8.03. The molecule has 2 aromatic rings. The lowest BCUT2D eigenvalue weighted by Gasteiger charge is -2.12. The van der Waals surface area contributed by atoms with Crippen molar-refractivity contribution in [3.05, 3.63) is 59.0 Å². The van der Waals surface area contributed by atoms with Crippen LogP contribution in [-0.4, -0.2) is 32.0 Å². The lowest BCUT2D eigenvalue weighted by atomic mass is 10.1. The zero-order chi connectivity index (χ0) is 17.2. The minimum Gasteiger partial charge on any atom is -0.467 e. The van der Waals surface area contributed by atoms with E-state index >= 15 is 0 Å². The summed E-state index contributed by atoms with van der Waals surface area (Å²) in [6.45, 7) is 1.19. The third-order valence-electron chi connectivity index (χ3n) is 3.28. The van der Waals surface area contributed by atoms with Crippen molar-refractivity contribution in [1.82, 2.24) is 16.0 Å². The van der Waals surface area contributed by atoms with Crippen molar-refractivity contribution in [2.45, 2.75) is 13.0 Å². The standard InChI is InChI=1S/C17H21ClN4O2.HI/c1-19-17(20-8-7-13-4-2-5-14(18)10-13)22-12-16(23)21-11-15-6-3-9-24-15;/h2-6,9-10H,7-8,11-12H2,1H3,(H,21,23)(H2,19,20,22);1H. The van der Waals surface area contributed by atoms with Crippen molar-refractivity contribution >= 4 is 47.4 Å². The van der Waals surface area contributed by atoms with Gasteiger partial charge in [-0.25, -0.2) is 0 Å². The summed E-state index contributed by atoms with van der Waals surface area (Å²) >= 11 is 5.96. The summed E-state index contributed by atoms with van der Waals surface area (Å²) in [6.07, 6.45) is 2.39. The summed E-state index contributed by atoms with van der Waals surface area (Å²) in [5.74, 6) is 1.15. The lowest BCUT2D eigenvalue weighted by Crippen LogP contribution is -2.43. The highest BCUT2D eigenvalue weighted by Crippen LogP contribution is 2.10. The van der Waals surface area contributed by atoms with E-state index in [0.717, 1.165) is 17.0 Å². The molecule has 6 nitrogen and oxygen atoms in total. The average Bonchev–Trinajstić information content (AvgIpc) is 3.09. The molecule has 0 fully saturated rings. The van der Waals surface area contributed by atoms with Gasteiger partial charge in [-0.1, -0.05) is 23.7 Å². The van der Waals surface area contributed by atoms with E-state index in [-0.39, 0.29) is 36.4 Å². The molecule has 0 atom stereocenters. The molecule has 1 aromatic heterocycles. The zero-order valence-corrected chi connectivity index (χ0v) is 17.0. The predicted octanol–water partition coefficient (Wildman–Crippen LogP) is 2.57. The van der Waals surface area contributed by atoms with Gasteiger partial charge in [0.15, 0.2) is 5.96 Å². The van der Waals surface area contributed by atoms with E-state index in [2.05, 4.69) is 20.9 Å². The number of benzene rings is 1. The Morgan fingerprint density at radius 2 is 2.04 bits per heavy atom. The largest absolute Gasteiger partial charge is 0.467 e. The Labute approximate surface area is 169 Å². The Bertz CT molecular complexity index is 677. The third-order valence-corrected chi connectivity index (χ3v) is 3.51. The molecule has 1 amide bonds. The summed E-state index contributed by atoms with van der Waals surface area (Å²) in [5, 5.41) is 9.61. The number of hydrogen-bond donors (Lipinski definition) is 3. The van der Waals surface area contributed by atoms with E-state index in [1.54, 1.807) is 19.4 Å². The summed E-state index contributed by atoms with van der Waals surface area (Å²) < 4.78 is 5.15. The SMILES string of the molecule is CN=C(NCCc1cccc(Cl)c1)NCC(=O)NCc1ccco1.I. The van der Waals surface area contributed by atoms with Crippen molar-refractivity contribution in [3.8, 4) is 0 Å². The van der Waals surface area contributed by atoms with Crippen LogP contribution in [0, 0.1) is 0 Å². The fraction of sp³-hybridized carbons (Fsp3) is 0.294. The summed E-state index contributed by atoms with van der Waals surface area (Å²) in [5.41, 5.74) is 1.14. The fourth-order valence-corrected chi connectivity index (χ4v) is 2.28. The quantitative estimate of drug-likeness (QED) is 0.326. The van der Waals surface area contributed by atoms with Gasteiger partial charge < -0.3 is 20.4 Å².